The molecule has 146 valence electrons. The molecular formula is C18H23N3O5S. The Bertz CT molecular complexity index is 908. The summed E-state index contributed by atoms with van der Waals surface area (Å²) in [6.45, 7) is 5.06. The van der Waals surface area contributed by atoms with Gasteiger partial charge in [0.05, 0.1) is 21.1 Å². The third-order valence-electron chi connectivity index (χ3n) is 3.80. The summed E-state index contributed by atoms with van der Waals surface area (Å²) in [6.07, 6.45) is 0. The number of nitro benzene ring substituents is 1. The summed E-state index contributed by atoms with van der Waals surface area (Å²) >= 11 is 0. The van der Waals surface area contributed by atoms with E-state index in [-0.39, 0.29) is 29.4 Å². The average Bonchev–Trinajstić information content (AvgIpc) is 2.60. The van der Waals surface area contributed by atoms with Gasteiger partial charge in [-0.3, -0.25) is 14.4 Å². The summed E-state index contributed by atoms with van der Waals surface area (Å²) in [7, 11) is -3.97. The molecule has 0 aromatic heterocycles. The lowest BCUT2D eigenvalue weighted by molar-refractivity contribution is -0.384. The number of nitro groups is 1. The van der Waals surface area contributed by atoms with Crippen LogP contribution in [0.3, 0.4) is 0 Å². The fourth-order valence-electron chi connectivity index (χ4n) is 2.50. The van der Waals surface area contributed by atoms with E-state index in [2.05, 4.69) is 5.32 Å². The molecule has 0 aliphatic heterocycles. The molecule has 2 N–H and O–H groups in total. The van der Waals surface area contributed by atoms with Crippen molar-refractivity contribution < 1.29 is 18.4 Å². The number of aliphatic hydroxyl groups is 1. The smallest absolute Gasteiger partial charge is 0.293 e. The Morgan fingerprint density at radius 2 is 1.81 bits per heavy atom. The molecule has 0 bridgehead atoms. The topological polar surface area (TPSA) is 113 Å². The molecule has 9 heteroatoms. The first-order valence-corrected chi connectivity index (χ1v) is 9.83. The quantitative estimate of drug-likeness (QED) is 0.527. The van der Waals surface area contributed by atoms with E-state index in [9.17, 15) is 23.6 Å². The molecule has 0 unspecified atom stereocenters. The molecule has 0 amide bonds. The van der Waals surface area contributed by atoms with Gasteiger partial charge in [-0.2, -0.15) is 0 Å². The van der Waals surface area contributed by atoms with Gasteiger partial charge in [0.15, 0.2) is 0 Å². The highest BCUT2D eigenvalue weighted by molar-refractivity contribution is 7.92. The van der Waals surface area contributed by atoms with Crippen LogP contribution < -0.4 is 9.62 Å². The van der Waals surface area contributed by atoms with Crippen molar-refractivity contribution in [1.29, 1.82) is 0 Å². The van der Waals surface area contributed by atoms with E-state index < -0.39 is 20.5 Å². The van der Waals surface area contributed by atoms with Crippen LogP contribution in [0.25, 0.3) is 0 Å². The van der Waals surface area contributed by atoms with Gasteiger partial charge in [0.2, 0.25) is 0 Å². The number of nitrogens with one attached hydrogen (secondary N) is 1. The summed E-state index contributed by atoms with van der Waals surface area (Å²) in [5.41, 5.74) is -0.828. The Hall–Kier alpha value is -2.65. The van der Waals surface area contributed by atoms with Crippen molar-refractivity contribution in [2.45, 2.75) is 31.3 Å². The highest BCUT2D eigenvalue weighted by Gasteiger charge is 2.27. The van der Waals surface area contributed by atoms with E-state index in [4.69, 9.17) is 0 Å². The molecule has 0 aliphatic carbocycles. The lowest BCUT2D eigenvalue weighted by Gasteiger charge is -2.23. The predicted molar refractivity (Wildman–Crippen MR) is 105 cm³/mol. The summed E-state index contributed by atoms with van der Waals surface area (Å²) < 4.78 is 27.2. The second-order valence-corrected chi connectivity index (χ2v) is 8.47. The van der Waals surface area contributed by atoms with Gasteiger partial charge in [-0.05, 0) is 45.0 Å². The minimum absolute atomic E-state index is 0.0744. The Kier molecular flexibility index (Phi) is 6.07. The molecule has 0 radical (unpaired) electrons. The molecule has 27 heavy (non-hydrogen) atoms. The highest BCUT2D eigenvalue weighted by atomic mass is 32.2. The molecule has 0 fully saturated rings. The number of para-hydroxylation sites is 1. The van der Waals surface area contributed by atoms with Crippen molar-refractivity contribution in [3.63, 3.8) is 0 Å². The Balaban J connectivity index is 2.45. The zero-order valence-electron chi connectivity index (χ0n) is 15.4. The first-order chi connectivity index (χ1) is 12.6. The molecule has 0 atom stereocenters. The van der Waals surface area contributed by atoms with E-state index in [0.29, 0.717) is 5.69 Å². The normalized spacial score (nSPS) is 11.9. The molecule has 2 rings (SSSR count). The van der Waals surface area contributed by atoms with Crippen molar-refractivity contribution in [3.8, 4) is 0 Å². The molecule has 0 spiro atoms. The van der Waals surface area contributed by atoms with E-state index >= 15 is 0 Å². The number of anilines is 2. The number of sulfonamides is 1. The summed E-state index contributed by atoms with van der Waals surface area (Å²) in [6, 6.07) is 12.2. The Morgan fingerprint density at radius 3 is 2.33 bits per heavy atom. The zero-order chi connectivity index (χ0) is 20.2. The minimum atomic E-state index is -3.97. The van der Waals surface area contributed by atoms with E-state index in [0.717, 1.165) is 6.07 Å². The van der Waals surface area contributed by atoms with Crippen LogP contribution in [0.2, 0.25) is 0 Å². The van der Waals surface area contributed by atoms with E-state index in [1.807, 2.05) is 0 Å². The largest absolute Gasteiger partial charge is 0.389 e. The van der Waals surface area contributed by atoms with Crippen LogP contribution >= 0.6 is 0 Å². The maximum atomic E-state index is 13.0. The lowest BCUT2D eigenvalue weighted by Crippen LogP contribution is -2.31. The maximum Gasteiger partial charge on any atom is 0.293 e. The van der Waals surface area contributed by atoms with Gasteiger partial charge in [0.25, 0.3) is 15.7 Å². The van der Waals surface area contributed by atoms with Gasteiger partial charge >= 0.3 is 0 Å². The maximum absolute atomic E-state index is 13.0. The average molecular weight is 393 g/mol. The molecule has 0 saturated carbocycles. The molecule has 0 aliphatic rings. The summed E-state index contributed by atoms with van der Waals surface area (Å²) in [5.74, 6) is 0. The first kappa shape index (κ1) is 20.7. The number of rotatable bonds is 8. The van der Waals surface area contributed by atoms with Crippen LogP contribution in [0, 0.1) is 10.1 Å². The zero-order valence-corrected chi connectivity index (χ0v) is 16.2. The van der Waals surface area contributed by atoms with Crippen LogP contribution in [0.5, 0.6) is 0 Å². The van der Waals surface area contributed by atoms with Crippen molar-refractivity contribution in [3.05, 3.63) is 58.6 Å². The van der Waals surface area contributed by atoms with Crippen LogP contribution in [-0.4, -0.2) is 37.1 Å². The lowest BCUT2D eigenvalue weighted by atomic mass is 10.1. The van der Waals surface area contributed by atoms with Gasteiger partial charge < -0.3 is 10.4 Å². The fraction of sp³-hybridized carbons (Fsp3) is 0.333. The fourth-order valence-corrected chi connectivity index (χ4v) is 3.99. The van der Waals surface area contributed by atoms with Gasteiger partial charge in [-0.25, -0.2) is 8.42 Å². The van der Waals surface area contributed by atoms with Crippen LogP contribution in [-0.2, 0) is 10.0 Å². The van der Waals surface area contributed by atoms with E-state index in [1.54, 1.807) is 51.1 Å². The minimum Gasteiger partial charge on any atom is -0.389 e. The Morgan fingerprint density at radius 1 is 1.19 bits per heavy atom. The van der Waals surface area contributed by atoms with Crippen molar-refractivity contribution in [2.24, 2.45) is 0 Å². The summed E-state index contributed by atoms with van der Waals surface area (Å²) in [5, 5.41) is 24.0. The Labute approximate surface area is 158 Å². The van der Waals surface area contributed by atoms with Gasteiger partial charge in [0.1, 0.15) is 5.69 Å². The molecule has 8 nitrogen and oxygen atoms in total. The molecule has 2 aromatic carbocycles. The number of hydrogen-bond donors (Lipinski definition) is 2. The first-order valence-electron chi connectivity index (χ1n) is 8.39. The molecule has 0 saturated heterocycles. The summed E-state index contributed by atoms with van der Waals surface area (Å²) in [4.78, 5) is 10.6. The van der Waals surface area contributed by atoms with Gasteiger partial charge in [-0.1, -0.05) is 18.2 Å². The predicted octanol–water partition coefficient (Wildman–Crippen LogP) is 2.99. The van der Waals surface area contributed by atoms with Crippen molar-refractivity contribution in [1.82, 2.24) is 0 Å². The van der Waals surface area contributed by atoms with Crippen molar-refractivity contribution >= 4 is 27.1 Å². The third-order valence-corrected chi connectivity index (χ3v) is 5.70. The number of nitrogens with zero attached hydrogens (tertiary/aromatic N) is 2. The van der Waals surface area contributed by atoms with Crippen LogP contribution in [0.15, 0.2) is 53.4 Å². The van der Waals surface area contributed by atoms with Gasteiger partial charge in [-0.15, -0.1) is 0 Å². The van der Waals surface area contributed by atoms with Crippen LogP contribution in [0.1, 0.15) is 20.8 Å². The number of benzene rings is 2. The SMILES string of the molecule is CCN(c1ccccc1)S(=O)(=O)c1ccc(NCC(C)(C)O)c([N+](=O)[O-])c1. The standard InChI is InChI=1S/C18H23N3O5S/c1-4-20(14-8-6-5-7-9-14)27(25,26)15-10-11-16(17(12-15)21(23)24)19-13-18(2,3)22/h5-12,19,22H,4,13H2,1-3H3. The molecule has 0 heterocycles. The van der Waals surface area contributed by atoms with Gasteiger partial charge in [0, 0.05) is 19.2 Å². The second-order valence-electron chi connectivity index (χ2n) is 6.61. The number of hydrogen-bond acceptors (Lipinski definition) is 6. The third kappa shape index (κ3) is 4.95. The second kappa shape index (κ2) is 7.93. The van der Waals surface area contributed by atoms with E-state index in [1.165, 1.54) is 16.4 Å². The highest BCUT2D eigenvalue weighted by Crippen LogP contribution is 2.31. The van der Waals surface area contributed by atoms with Crippen LogP contribution in [0.4, 0.5) is 17.1 Å². The molecule has 2 aromatic rings. The monoisotopic (exact) mass is 393 g/mol. The van der Waals surface area contributed by atoms with Crippen molar-refractivity contribution in [2.75, 3.05) is 22.7 Å². The molecular weight excluding hydrogens is 370 g/mol.